The fourth-order valence-electron chi connectivity index (χ4n) is 5.36. The van der Waals surface area contributed by atoms with Crippen molar-refractivity contribution in [2.75, 3.05) is 19.8 Å². The number of halogens is 3. The van der Waals surface area contributed by atoms with Gasteiger partial charge in [0, 0.05) is 46.9 Å². The number of ether oxygens (including phenoxy) is 2. The lowest BCUT2D eigenvalue weighted by atomic mass is 9.78. The molecular weight excluding hydrogens is 646 g/mol. The Morgan fingerprint density at radius 2 is 1.96 bits per heavy atom. The second-order valence-electron chi connectivity index (χ2n) is 10.8. The van der Waals surface area contributed by atoms with Crippen LogP contribution in [0.15, 0.2) is 65.3 Å². The number of H-pyrrole nitrogens is 1. The van der Waals surface area contributed by atoms with E-state index >= 15 is 8.78 Å². The second kappa shape index (κ2) is 13.9. The summed E-state index contributed by atoms with van der Waals surface area (Å²) in [4.78, 5) is 7.73. The van der Waals surface area contributed by atoms with E-state index in [9.17, 15) is 10.2 Å². The van der Waals surface area contributed by atoms with E-state index in [0.717, 1.165) is 10.0 Å². The number of aliphatic hydroxyl groups excluding tert-OH is 2. The van der Waals surface area contributed by atoms with Crippen LogP contribution >= 0.6 is 15.9 Å². The third-order valence-corrected chi connectivity index (χ3v) is 8.23. The topological polar surface area (TPSA) is 105 Å². The first-order valence-corrected chi connectivity index (χ1v) is 15.2. The Bertz CT molecular complexity index is 1880. The number of hydrogen-bond acceptors (Lipinski definition) is 6. The highest BCUT2D eigenvalue weighted by Crippen LogP contribution is 2.40. The molecule has 8 nitrogen and oxygen atoms in total. The summed E-state index contributed by atoms with van der Waals surface area (Å²) in [5, 5.41) is 25.4. The van der Waals surface area contributed by atoms with Gasteiger partial charge in [-0.3, -0.25) is 0 Å². The van der Waals surface area contributed by atoms with Crippen molar-refractivity contribution in [1.29, 1.82) is 0 Å². The number of aromatic amines is 1. The molecule has 0 radical (unpaired) electrons. The molecule has 0 aliphatic carbocycles. The minimum atomic E-state index is -1.41. The van der Waals surface area contributed by atoms with E-state index in [1.54, 1.807) is 26.2 Å². The van der Waals surface area contributed by atoms with E-state index < -0.39 is 29.8 Å². The number of aryl methyl sites for hydroxylation is 1. The highest BCUT2D eigenvalue weighted by Gasteiger charge is 2.34. The fraction of sp³-hybridized carbons (Fsp3) is 0.294. The maximum absolute atomic E-state index is 15.4. The van der Waals surface area contributed by atoms with E-state index in [1.165, 1.54) is 28.9 Å². The molecule has 0 fully saturated rings. The Kier molecular flexibility index (Phi) is 9.99. The maximum atomic E-state index is 15.4. The summed E-state index contributed by atoms with van der Waals surface area (Å²) in [6.07, 6.45) is 1.54. The lowest BCUT2D eigenvalue weighted by molar-refractivity contribution is 0.0945. The number of aliphatic hydroxyl groups is 2. The molecule has 0 amide bonds. The van der Waals surface area contributed by atoms with Gasteiger partial charge in [-0.2, -0.15) is 5.10 Å². The van der Waals surface area contributed by atoms with E-state index in [4.69, 9.17) is 19.6 Å². The van der Waals surface area contributed by atoms with Crippen molar-refractivity contribution in [3.8, 4) is 34.7 Å². The van der Waals surface area contributed by atoms with Crippen molar-refractivity contribution >= 4 is 26.8 Å². The van der Waals surface area contributed by atoms with Crippen LogP contribution in [0.2, 0.25) is 0 Å². The lowest BCUT2D eigenvalue weighted by Gasteiger charge is -2.27. The Labute approximate surface area is 268 Å². The van der Waals surface area contributed by atoms with E-state index in [-0.39, 0.29) is 28.5 Å². The third kappa shape index (κ3) is 6.79. The van der Waals surface area contributed by atoms with Crippen molar-refractivity contribution in [2.24, 2.45) is 7.05 Å². The molecule has 2 aromatic heterocycles. The molecule has 2 unspecified atom stereocenters. The van der Waals surface area contributed by atoms with Gasteiger partial charge in [-0.05, 0) is 68.7 Å². The monoisotopic (exact) mass is 678 g/mol. The molecule has 0 spiro atoms. The van der Waals surface area contributed by atoms with Gasteiger partial charge in [0.15, 0.2) is 23.2 Å². The summed E-state index contributed by atoms with van der Waals surface area (Å²) in [5.74, 6) is 4.97. The minimum absolute atomic E-state index is 0.0797. The first-order valence-electron chi connectivity index (χ1n) is 14.4. The summed E-state index contributed by atoms with van der Waals surface area (Å²) in [6.45, 7) is 4.03. The Hall–Kier alpha value is -4.08. The molecule has 0 saturated heterocycles. The number of aromatic nitrogens is 4. The molecule has 0 aliphatic rings. The molecule has 0 saturated carbocycles. The predicted molar refractivity (Wildman–Crippen MR) is 171 cm³/mol. The lowest BCUT2D eigenvalue weighted by Crippen LogP contribution is -2.26. The zero-order chi connectivity index (χ0) is 32.1. The highest BCUT2D eigenvalue weighted by atomic mass is 79.9. The van der Waals surface area contributed by atoms with Crippen LogP contribution in [-0.2, 0) is 17.2 Å². The molecule has 2 heterocycles. The normalized spacial score (nSPS) is 13.3. The molecule has 11 heteroatoms. The minimum Gasteiger partial charge on any atom is -0.454 e. The van der Waals surface area contributed by atoms with Crippen LogP contribution < -0.4 is 4.74 Å². The number of fused-ring (bicyclic) bond motifs is 1. The number of nitrogens with zero attached hydrogens (tertiary/aromatic N) is 3. The zero-order valence-electron chi connectivity index (χ0n) is 25.1. The average Bonchev–Trinajstić information content (AvgIpc) is 3.66. The van der Waals surface area contributed by atoms with Crippen molar-refractivity contribution in [1.82, 2.24) is 19.7 Å². The van der Waals surface area contributed by atoms with E-state index in [2.05, 4.69) is 32.8 Å². The van der Waals surface area contributed by atoms with Gasteiger partial charge in [-0.15, -0.1) is 5.92 Å². The molecule has 5 aromatic rings. The van der Waals surface area contributed by atoms with Gasteiger partial charge in [0.25, 0.3) is 0 Å². The van der Waals surface area contributed by atoms with Crippen LogP contribution in [0.3, 0.4) is 0 Å². The molecule has 45 heavy (non-hydrogen) atoms. The van der Waals surface area contributed by atoms with Gasteiger partial charge in [0.1, 0.15) is 24.3 Å². The molecular formula is C34H33BrF2N4O4. The molecule has 0 aliphatic heterocycles. The Morgan fingerprint density at radius 3 is 2.71 bits per heavy atom. The third-order valence-electron chi connectivity index (χ3n) is 7.74. The number of hydrogen-bond donors (Lipinski definition) is 3. The summed E-state index contributed by atoms with van der Waals surface area (Å²) < 4.78 is 44.7. The fourth-order valence-corrected chi connectivity index (χ4v) is 5.75. The van der Waals surface area contributed by atoms with Crippen LogP contribution in [-0.4, -0.2) is 49.8 Å². The van der Waals surface area contributed by atoms with E-state index in [0.29, 0.717) is 42.8 Å². The SMILES string of the molecule is CC#CCOCCCC(C)(c1cccc(Br)c1)c1nc(-c2cc(Oc3c(F)cc4[nH]ccc4c3C(O)CO)ccc2F)n(C)n1. The van der Waals surface area contributed by atoms with Gasteiger partial charge in [-0.1, -0.05) is 34.0 Å². The summed E-state index contributed by atoms with van der Waals surface area (Å²) in [5.41, 5.74) is 0.943. The Morgan fingerprint density at radius 1 is 1.13 bits per heavy atom. The molecule has 0 bridgehead atoms. The Balaban J connectivity index is 1.51. The smallest absolute Gasteiger partial charge is 0.169 e. The van der Waals surface area contributed by atoms with Crippen molar-refractivity contribution < 1.29 is 28.5 Å². The van der Waals surface area contributed by atoms with Gasteiger partial charge in [0.05, 0.1) is 17.6 Å². The van der Waals surface area contributed by atoms with Gasteiger partial charge in [0.2, 0.25) is 0 Å². The standard InChI is InChI=1S/C34H33BrF2N4O4/c1-4-5-15-44-16-7-13-34(2,21-8-6-9-22(35)17-21)33-39-32(41(3)40-33)25-18-23(10-11-26(25)36)45-31-27(37)19-28-24(12-14-38-28)30(31)29(43)20-42/h6,8-12,14,17-19,29,38,42-43H,7,13,15-16,20H2,1-3H3. The molecule has 234 valence electrons. The van der Waals surface area contributed by atoms with Crippen molar-refractivity contribution in [3.63, 3.8) is 0 Å². The molecule has 5 rings (SSSR count). The second-order valence-corrected chi connectivity index (χ2v) is 11.7. The quantitative estimate of drug-likeness (QED) is 0.0975. The van der Waals surface area contributed by atoms with Gasteiger partial charge < -0.3 is 24.7 Å². The molecule has 2 atom stereocenters. The van der Waals surface area contributed by atoms with Crippen LogP contribution in [0.5, 0.6) is 11.5 Å². The van der Waals surface area contributed by atoms with Crippen molar-refractivity contribution in [2.45, 2.75) is 38.2 Å². The predicted octanol–water partition coefficient (Wildman–Crippen LogP) is 6.95. The number of nitrogens with one attached hydrogen (secondary N) is 1. The first kappa shape index (κ1) is 32.3. The van der Waals surface area contributed by atoms with Crippen molar-refractivity contribution in [3.05, 3.63) is 93.9 Å². The van der Waals surface area contributed by atoms with E-state index in [1.807, 2.05) is 31.2 Å². The average molecular weight is 680 g/mol. The van der Waals surface area contributed by atoms with Gasteiger partial charge in [-0.25, -0.2) is 18.4 Å². The van der Waals surface area contributed by atoms with Gasteiger partial charge >= 0.3 is 0 Å². The maximum Gasteiger partial charge on any atom is 0.169 e. The summed E-state index contributed by atoms with van der Waals surface area (Å²) in [7, 11) is 1.68. The summed E-state index contributed by atoms with van der Waals surface area (Å²) in [6, 6.07) is 14.8. The number of benzene rings is 3. The van der Waals surface area contributed by atoms with Crippen LogP contribution in [0.1, 0.15) is 49.7 Å². The van der Waals surface area contributed by atoms with Crippen LogP contribution in [0.4, 0.5) is 8.78 Å². The van der Waals surface area contributed by atoms with Crippen LogP contribution in [0, 0.1) is 23.5 Å². The molecule has 3 N–H and O–H groups in total. The first-order chi connectivity index (χ1) is 21.7. The summed E-state index contributed by atoms with van der Waals surface area (Å²) >= 11 is 3.57. The zero-order valence-corrected chi connectivity index (χ0v) is 26.7. The highest BCUT2D eigenvalue weighted by molar-refractivity contribution is 9.10. The molecule has 3 aromatic carbocycles. The largest absolute Gasteiger partial charge is 0.454 e. The number of rotatable bonds is 12. The van der Waals surface area contributed by atoms with Crippen LogP contribution in [0.25, 0.3) is 22.3 Å².